The zero-order valence-corrected chi connectivity index (χ0v) is 42.3. The van der Waals surface area contributed by atoms with Gasteiger partial charge in [-0.1, -0.05) is 6.07 Å². The molecule has 3 aliphatic rings. The molecule has 3 aromatic rings. The van der Waals surface area contributed by atoms with Crippen molar-refractivity contribution >= 4 is 64.7 Å². The van der Waals surface area contributed by atoms with Gasteiger partial charge in [-0.05, 0) is 54.7 Å². The smallest absolute Gasteiger partial charge is 0.328 e. The minimum absolute atomic E-state index is 0.0110. The third-order valence-electron chi connectivity index (χ3n) is 11.7. The molecule has 0 amide bonds. The van der Waals surface area contributed by atoms with E-state index in [4.69, 9.17) is 42.6 Å². The van der Waals surface area contributed by atoms with E-state index < -0.39 is 101 Å². The van der Waals surface area contributed by atoms with Crippen LogP contribution in [0, 0.1) is 0 Å². The van der Waals surface area contributed by atoms with E-state index in [1.54, 1.807) is 12.1 Å². The van der Waals surface area contributed by atoms with Crippen molar-refractivity contribution in [2.24, 2.45) is 0 Å². The lowest BCUT2D eigenvalue weighted by Crippen LogP contribution is -2.38. The molecule has 0 N–H and O–H groups in total. The molecule has 0 bridgehead atoms. The van der Waals surface area contributed by atoms with Crippen molar-refractivity contribution in [1.82, 2.24) is 9.48 Å². The average molecular weight is 1030 g/mol. The lowest BCUT2D eigenvalue weighted by atomic mass is 9.88. The molecule has 398 valence electrons. The quantitative estimate of drug-likeness (QED) is 0.0298. The molecule has 0 saturated carbocycles. The number of rotatable bonds is 25. The van der Waals surface area contributed by atoms with Crippen molar-refractivity contribution in [1.29, 1.82) is 0 Å². The summed E-state index contributed by atoms with van der Waals surface area (Å²) in [7, 11) is 4.11. The summed E-state index contributed by atoms with van der Waals surface area (Å²) in [5, 5.41) is 1.93. The van der Waals surface area contributed by atoms with Crippen molar-refractivity contribution in [3.05, 3.63) is 75.3 Å². The first-order chi connectivity index (χ1) is 35.4. The Hall–Kier alpha value is -7.79. The number of hydrogen-bond donors (Lipinski definition) is 0. The van der Waals surface area contributed by atoms with Gasteiger partial charge in [0.2, 0.25) is 32.5 Å². The topological polar surface area (TPSA) is 251 Å². The Labute approximate surface area is 426 Å². The number of carbonyl (C=O) groups is 8. The van der Waals surface area contributed by atoms with Crippen LogP contribution in [0.2, 0.25) is 0 Å². The molecule has 0 unspecified atom stereocenters. The molecule has 3 aromatic carbocycles. The van der Waals surface area contributed by atoms with Gasteiger partial charge >= 0.3 is 47.8 Å². The first-order valence-electron chi connectivity index (χ1n) is 23.8. The van der Waals surface area contributed by atoms with Gasteiger partial charge in [-0.3, -0.25) is 43.3 Å². The zero-order valence-electron chi connectivity index (χ0n) is 42.3. The van der Waals surface area contributed by atoms with Crippen molar-refractivity contribution in [3.63, 3.8) is 0 Å². The number of hydrogen-bond acceptors (Lipinski definition) is 22. The second-order valence-electron chi connectivity index (χ2n) is 17.3. The summed E-state index contributed by atoms with van der Waals surface area (Å²) < 4.78 is 60.5. The van der Waals surface area contributed by atoms with E-state index in [0.29, 0.717) is 17.1 Å². The van der Waals surface area contributed by atoms with Gasteiger partial charge in [0, 0.05) is 87.9 Å². The van der Waals surface area contributed by atoms with Crippen molar-refractivity contribution in [3.8, 4) is 17.2 Å². The number of nitrogens with zero attached hydrogens (tertiary/aromatic N) is 4. The fourth-order valence-corrected chi connectivity index (χ4v) is 8.29. The first kappa shape index (κ1) is 55.5. The molecule has 0 aromatic heterocycles. The highest BCUT2D eigenvalue weighted by atomic mass is 16.7. The minimum Gasteiger partial charge on any atom is -0.489 e. The van der Waals surface area contributed by atoms with E-state index in [9.17, 15) is 38.4 Å². The maximum Gasteiger partial charge on any atom is 0.328 e. The number of fused-ring (bicyclic) bond motifs is 4. The highest BCUT2D eigenvalue weighted by molar-refractivity contribution is 5.89. The SMILES string of the molecule is CC(=O)OCOC(=O)CN(CCOCCOc1cc(C2=c3cc4c(cc3Oc3cc5c(cc32)CCCN5C)=[N+](C)CCC4)ccc1N(CC(=O)OCOC(C)=O)CC(=O)OCOC(C)=O)CC(=O)OCOC(C)=O. The van der Waals surface area contributed by atoms with Crippen LogP contribution in [-0.4, -0.2) is 160 Å². The number of aryl methyl sites for hydroxylation is 2. The first-order valence-corrected chi connectivity index (χ1v) is 23.8. The monoisotopic (exact) mass is 1030 g/mol. The van der Waals surface area contributed by atoms with Gasteiger partial charge in [-0.25, -0.2) is 4.58 Å². The summed E-state index contributed by atoms with van der Waals surface area (Å²) in [5.41, 5.74) is 6.04. The minimum atomic E-state index is -0.876. The van der Waals surface area contributed by atoms with Gasteiger partial charge in [-0.2, -0.15) is 0 Å². The fourth-order valence-electron chi connectivity index (χ4n) is 8.29. The van der Waals surface area contributed by atoms with E-state index in [2.05, 4.69) is 57.3 Å². The summed E-state index contributed by atoms with van der Waals surface area (Å²) in [4.78, 5) is 102. The van der Waals surface area contributed by atoms with Crippen LogP contribution in [-0.2, 0) is 93.8 Å². The molecule has 0 saturated heterocycles. The van der Waals surface area contributed by atoms with Gasteiger partial charge in [0.1, 0.15) is 50.5 Å². The molecule has 23 heteroatoms. The third-order valence-corrected chi connectivity index (χ3v) is 11.7. The number of esters is 8. The maximum absolute atomic E-state index is 13.3. The molecule has 3 aliphatic heterocycles. The van der Waals surface area contributed by atoms with Gasteiger partial charge in [0.05, 0.1) is 38.1 Å². The predicted molar refractivity (Wildman–Crippen MR) is 258 cm³/mol. The van der Waals surface area contributed by atoms with Crippen LogP contribution in [0.1, 0.15) is 62.8 Å². The summed E-state index contributed by atoms with van der Waals surface area (Å²) in [6, 6.07) is 13.8. The Morgan fingerprint density at radius 2 is 1.19 bits per heavy atom. The van der Waals surface area contributed by atoms with Crippen LogP contribution >= 0.6 is 0 Å². The van der Waals surface area contributed by atoms with Crippen molar-refractivity contribution < 1.29 is 90.5 Å². The van der Waals surface area contributed by atoms with Gasteiger partial charge in [0.25, 0.3) is 0 Å². The van der Waals surface area contributed by atoms with E-state index in [-0.39, 0.29) is 37.8 Å². The third kappa shape index (κ3) is 16.1. The van der Waals surface area contributed by atoms with Gasteiger partial charge in [0.15, 0.2) is 0 Å². The highest BCUT2D eigenvalue weighted by Crippen LogP contribution is 2.43. The normalized spacial score (nSPS) is 13.1. The van der Waals surface area contributed by atoms with Crippen molar-refractivity contribution in [2.75, 3.05) is 117 Å². The maximum atomic E-state index is 13.3. The Bertz CT molecular complexity index is 2670. The fraction of sp³-hybridized carbons (Fsp3) is 0.471. The van der Waals surface area contributed by atoms with E-state index in [1.165, 1.54) is 9.80 Å². The van der Waals surface area contributed by atoms with E-state index >= 15 is 0 Å². The Kier molecular flexibility index (Phi) is 20.1. The molecule has 3 heterocycles. The van der Waals surface area contributed by atoms with Crippen LogP contribution in [0.4, 0.5) is 11.4 Å². The van der Waals surface area contributed by atoms with Crippen LogP contribution in [0.15, 0.2) is 42.5 Å². The van der Waals surface area contributed by atoms with Crippen LogP contribution in [0.5, 0.6) is 17.2 Å². The summed E-state index contributed by atoms with van der Waals surface area (Å²) >= 11 is 0. The molecule has 0 fully saturated rings. The zero-order chi connectivity index (χ0) is 53.3. The van der Waals surface area contributed by atoms with E-state index in [1.807, 2.05) is 6.07 Å². The summed E-state index contributed by atoms with van der Waals surface area (Å²) in [6.45, 7) is 1.52. The van der Waals surface area contributed by atoms with Crippen LogP contribution in [0.3, 0.4) is 0 Å². The molecule has 0 spiro atoms. The Balaban J connectivity index is 1.34. The largest absolute Gasteiger partial charge is 0.489 e. The van der Waals surface area contributed by atoms with E-state index in [0.717, 1.165) is 105 Å². The Morgan fingerprint density at radius 3 is 1.77 bits per heavy atom. The Morgan fingerprint density at radius 1 is 0.622 bits per heavy atom. The molecule has 0 radical (unpaired) electrons. The highest BCUT2D eigenvalue weighted by Gasteiger charge is 2.29. The molecule has 74 heavy (non-hydrogen) atoms. The molecular formula is C51H61N4O19+. The number of benzene rings is 3. The lowest BCUT2D eigenvalue weighted by molar-refractivity contribution is -0.170. The number of anilines is 2. The standard InChI is InChI=1S/C51H61N4O19/c1-32(56)66-28-70-47(60)24-54(25-48(61)71-29-67-33(2)57)15-16-64-17-18-65-46-21-38(11-12-41(46)55(26-49(62)72-30-68-34(3)58)27-50(63)73-31-69-35(4)59)51-39-19-36-9-7-13-52(5)42(36)22-44(39)74-45-23-43-37(20-40(45)51)10-8-14-53(43)6/h11-12,19-23H,7-10,13-18,24-31H2,1-6H3/q+1. The summed E-state index contributed by atoms with van der Waals surface area (Å²) in [6.07, 6.45) is 3.67. The predicted octanol–water partition coefficient (Wildman–Crippen LogP) is 1.25. The van der Waals surface area contributed by atoms with Crippen LogP contribution in [0.25, 0.3) is 5.57 Å². The molecule has 6 rings (SSSR count). The lowest BCUT2D eigenvalue weighted by Gasteiger charge is -2.31. The second-order valence-corrected chi connectivity index (χ2v) is 17.3. The molecule has 0 aliphatic carbocycles. The number of carbonyl (C=O) groups excluding carboxylic acids is 8. The average Bonchev–Trinajstić information content (AvgIpc) is 3.33. The van der Waals surface area contributed by atoms with Gasteiger partial charge < -0.3 is 61.9 Å². The van der Waals surface area contributed by atoms with Gasteiger partial charge in [-0.15, -0.1) is 0 Å². The second kappa shape index (κ2) is 26.8. The molecule has 0 atom stereocenters. The summed E-state index contributed by atoms with van der Waals surface area (Å²) in [5.74, 6) is -4.58. The van der Waals surface area contributed by atoms with Crippen LogP contribution < -0.4 is 34.4 Å². The van der Waals surface area contributed by atoms with Crippen molar-refractivity contribution in [2.45, 2.75) is 53.4 Å². The molecular weight excluding hydrogens is 973 g/mol. The molecule has 23 nitrogen and oxygen atoms in total. The number of ether oxygens (including phenoxy) is 11.